The molecule has 0 saturated carbocycles. The summed E-state index contributed by atoms with van der Waals surface area (Å²) in [6, 6.07) is 5.68. The maximum absolute atomic E-state index is 13.8. The minimum atomic E-state index is -0.539. The Balaban J connectivity index is 1.90. The van der Waals surface area contributed by atoms with Crippen LogP contribution in [0.4, 0.5) is 14.9 Å². The predicted molar refractivity (Wildman–Crippen MR) is 81.5 cm³/mol. The summed E-state index contributed by atoms with van der Waals surface area (Å²) in [7, 11) is 2.94. The van der Waals surface area contributed by atoms with Gasteiger partial charge in [-0.3, -0.25) is 9.69 Å². The molecule has 0 atom stereocenters. The van der Waals surface area contributed by atoms with E-state index in [1.165, 1.54) is 30.1 Å². The fourth-order valence-electron chi connectivity index (χ4n) is 2.31. The van der Waals surface area contributed by atoms with Gasteiger partial charge in [0.1, 0.15) is 12.4 Å². The fourth-order valence-corrected chi connectivity index (χ4v) is 2.31. The highest BCUT2D eigenvalue weighted by Crippen LogP contribution is 2.23. The number of amides is 3. The first-order valence-corrected chi connectivity index (χ1v) is 7.20. The van der Waals surface area contributed by atoms with Crippen LogP contribution in [0.5, 0.6) is 0 Å². The molecule has 1 fully saturated rings. The Kier molecular flexibility index (Phi) is 5.89. The van der Waals surface area contributed by atoms with Crippen LogP contribution in [-0.4, -0.2) is 63.5 Å². The minimum absolute atomic E-state index is 0.0933. The van der Waals surface area contributed by atoms with E-state index in [9.17, 15) is 14.0 Å². The van der Waals surface area contributed by atoms with Gasteiger partial charge < -0.3 is 19.7 Å². The van der Waals surface area contributed by atoms with Crippen LogP contribution in [0.25, 0.3) is 0 Å². The van der Waals surface area contributed by atoms with E-state index in [1.54, 1.807) is 18.2 Å². The summed E-state index contributed by atoms with van der Waals surface area (Å²) in [6.45, 7) is 0.791. The quantitative estimate of drug-likeness (QED) is 0.753. The topological polar surface area (TPSA) is 71.1 Å². The lowest BCUT2D eigenvalue weighted by Gasteiger charge is -2.19. The first-order valence-electron chi connectivity index (χ1n) is 7.20. The van der Waals surface area contributed by atoms with Crippen LogP contribution in [0.1, 0.15) is 0 Å². The molecule has 0 aromatic heterocycles. The first-order chi connectivity index (χ1) is 11.1. The van der Waals surface area contributed by atoms with Gasteiger partial charge in [0.2, 0.25) is 5.91 Å². The van der Waals surface area contributed by atoms with Crippen LogP contribution < -0.4 is 10.2 Å². The van der Waals surface area contributed by atoms with Crippen molar-refractivity contribution < 1.29 is 23.5 Å². The zero-order chi connectivity index (χ0) is 16.8. The maximum Gasteiger partial charge on any atom is 0.325 e. The van der Waals surface area contributed by atoms with Gasteiger partial charge in [-0.1, -0.05) is 12.1 Å². The fraction of sp³-hybridized carbons (Fsp3) is 0.467. The molecule has 1 heterocycles. The molecule has 0 radical (unpaired) electrons. The molecule has 0 bridgehead atoms. The predicted octanol–water partition coefficient (Wildman–Crippen LogP) is 0.803. The van der Waals surface area contributed by atoms with Crippen molar-refractivity contribution in [2.45, 2.75) is 6.29 Å². The summed E-state index contributed by atoms with van der Waals surface area (Å²) in [5, 5.41) is 2.62. The number of carbonyl (C=O) groups is 2. The van der Waals surface area contributed by atoms with E-state index in [4.69, 9.17) is 9.47 Å². The summed E-state index contributed by atoms with van der Waals surface area (Å²) < 4.78 is 23.7. The number of ether oxygens (including phenoxy) is 2. The zero-order valence-corrected chi connectivity index (χ0v) is 13.1. The van der Waals surface area contributed by atoms with Gasteiger partial charge in [0.15, 0.2) is 6.29 Å². The van der Waals surface area contributed by atoms with Gasteiger partial charge >= 0.3 is 6.03 Å². The van der Waals surface area contributed by atoms with Gasteiger partial charge in [-0.05, 0) is 12.1 Å². The Labute approximate surface area is 133 Å². The minimum Gasteiger partial charge on any atom is -0.354 e. The standard InChI is InChI=1S/C15H20FN3O4/c1-22-14(23-2)9-17-13(20)10-18-7-8-19(15(18)21)12-6-4-3-5-11(12)16/h3-6,14H,7-10H2,1-2H3,(H,17,20). The molecule has 2 rings (SSSR count). The van der Waals surface area contributed by atoms with E-state index in [2.05, 4.69) is 5.32 Å². The second-order valence-electron chi connectivity index (χ2n) is 5.01. The van der Waals surface area contributed by atoms with Crippen LogP contribution in [0.15, 0.2) is 24.3 Å². The molecule has 126 valence electrons. The Hall–Kier alpha value is -2.19. The molecular weight excluding hydrogens is 305 g/mol. The van der Waals surface area contributed by atoms with Crippen molar-refractivity contribution >= 4 is 17.6 Å². The Bertz CT molecular complexity index is 565. The average Bonchev–Trinajstić information content (AvgIpc) is 2.90. The van der Waals surface area contributed by atoms with Crippen molar-refractivity contribution in [3.8, 4) is 0 Å². The Morgan fingerprint density at radius 3 is 2.65 bits per heavy atom. The lowest BCUT2D eigenvalue weighted by Crippen LogP contribution is -2.42. The third-order valence-corrected chi connectivity index (χ3v) is 3.56. The van der Waals surface area contributed by atoms with Crippen molar-refractivity contribution in [2.24, 2.45) is 0 Å². The number of methoxy groups -OCH3 is 2. The summed E-state index contributed by atoms with van der Waals surface area (Å²) in [5.41, 5.74) is 0.222. The molecule has 1 N–H and O–H groups in total. The van der Waals surface area contributed by atoms with Gasteiger partial charge in [0, 0.05) is 27.3 Å². The van der Waals surface area contributed by atoms with E-state index in [1.807, 2.05) is 0 Å². The zero-order valence-electron chi connectivity index (χ0n) is 13.1. The lowest BCUT2D eigenvalue weighted by atomic mass is 10.3. The van der Waals surface area contributed by atoms with E-state index >= 15 is 0 Å². The third kappa shape index (κ3) is 4.17. The molecule has 1 aliphatic rings. The smallest absolute Gasteiger partial charge is 0.325 e. The summed E-state index contributed by atoms with van der Waals surface area (Å²) in [5.74, 6) is -0.789. The average molecular weight is 325 g/mol. The number of carbonyl (C=O) groups excluding carboxylic acids is 2. The maximum atomic E-state index is 13.8. The highest BCUT2D eigenvalue weighted by Gasteiger charge is 2.32. The number of nitrogens with zero attached hydrogens (tertiary/aromatic N) is 2. The van der Waals surface area contributed by atoms with Gasteiger partial charge in [-0.2, -0.15) is 0 Å². The number of para-hydroxylation sites is 1. The van der Waals surface area contributed by atoms with Crippen LogP contribution >= 0.6 is 0 Å². The second-order valence-corrected chi connectivity index (χ2v) is 5.01. The van der Waals surface area contributed by atoms with Crippen LogP contribution in [-0.2, 0) is 14.3 Å². The number of rotatable bonds is 7. The van der Waals surface area contributed by atoms with Crippen LogP contribution in [0.2, 0.25) is 0 Å². The number of halogens is 1. The molecule has 1 saturated heterocycles. The highest BCUT2D eigenvalue weighted by molar-refractivity contribution is 5.96. The third-order valence-electron chi connectivity index (χ3n) is 3.56. The molecular formula is C15H20FN3O4. The molecule has 0 spiro atoms. The van der Waals surface area contributed by atoms with Crippen molar-refractivity contribution in [2.75, 3.05) is 45.3 Å². The number of urea groups is 1. The Morgan fingerprint density at radius 2 is 2.00 bits per heavy atom. The van der Waals surface area contributed by atoms with Gasteiger partial charge in [-0.25, -0.2) is 9.18 Å². The monoisotopic (exact) mass is 325 g/mol. The molecule has 1 aliphatic heterocycles. The van der Waals surface area contributed by atoms with E-state index < -0.39 is 12.1 Å². The number of anilines is 1. The van der Waals surface area contributed by atoms with Crippen molar-refractivity contribution in [1.82, 2.24) is 10.2 Å². The molecule has 1 aromatic rings. The van der Waals surface area contributed by atoms with E-state index in [0.717, 1.165) is 0 Å². The van der Waals surface area contributed by atoms with Crippen LogP contribution in [0.3, 0.4) is 0 Å². The number of hydrogen-bond acceptors (Lipinski definition) is 4. The summed E-state index contributed by atoms with van der Waals surface area (Å²) >= 11 is 0. The van der Waals surface area contributed by atoms with Gasteiger partial charge in [-0.15, -0.1) is 0 Å². The Morgan fingerprint density at radius 1 is 1.30 bits per heavy atom. The normalized spacial score (nSPS) is 14.7. The lowest BCUT2D eigenvalue weighted by molar-refractivity contribution is -0.127. The number of benzene rings is 1. The molecule has 7 nitrogen and oxygen atoms in total. The van der Waals surface area contributed by atoms with Gasteiger partial charge in [0.25, 0.3) is 0 Å². The van der Waals surface area contributed by atoms with Gasteiger partial charge in [0.05, 0.1) is 12.2 Å². The molecule has 1 aromatic carbocycles. The number of nitrogens with one attached hydrogen (secondary N) is 1. The molecule has 0 aliphatic carbocycles. The van der Waals surface area contributed by atoms with Crippen molar-refractivity contribution in [1.29, 1.82) is 0 Å². The van der Waals surface area contributed by atoms with Crippen molar-refractivity contribution in [3.05, 3.63) is 30.1 Å². The molecule has 3 amide bonds. The molecule has 8 heteroatoms. The van der Waals surface area contributed by atoms with E-state index in [-0.39, 0.29) is 30.7 Å². The summed E-state index contributed by atoms with van der Waals surface area (Å²) in [6.07, 6.45) is -0.539. The molecule has 0 unspecified atom stereocenters. The highest BCUT2D eigenvalue weighted by atomic mass is 19.1. The van der Waals surface area contributed by atoms with E-state index in [0.29, 0.717) is 13.1 Å². The van der Waals surface area contributed by atoms with Crippen molar-refractivity contribution in [3.63, 3.8) is 0 Å². The second kappa shape index (κ2) is 7.89. The van der Waals surface area contributed by atoms with Crippen LogP contribution in [0, 0.1) is 5.82 Å². The largest absolute Gasteiger partial charge is 0.354 e. The summed E-state index contributed by atoms with van der Waals surface area (Å²) in [4.78, 5) is 26.9. The first kappa shape index (κ1) is 17.2. The SMILES string of the molecule is COC(CNC(=O)CN1CCN(c2ccccc2F)C1=O)OC. The number of hydrogen-bond donors (Lipinski definition) is 1. The molecule has 23 heavy (non-hydrogen) atoms.